The van der Waals surface area contributed by atoms with Gasteiger partial charge in [0.2, 0.25) is 0 Å². The molecule has 0 amide bonds. The first-order chi connectivity index (χ1) is 13.0. The van der Waals surface area contributed by atoms with Crippen molar-refractivity contribution in [3.63, 3.8) is 0 Å². The topological polar surface area (TPSA) is 9.23 Å². The summed E-state index contributed by atoms with van der Waals surface area (Å²) in [5.41, 5.74) is 1.38. The summed E-state index contributed by atoms with van der Waals surface area (Å²) >= 11 is 1.36. The third-order valence-electron chi connectivity index (χ3n) is 4.22. The van der Waals surface area contributed by atoms with Gasteiger partial charge in [0.25, 0.3) is 0 Å². The smallest absolute Gasteiger partial charge is 0.0771 e. The summed E-state index contributed by atoms with van der Waals surface area (Å²) in [5.74, 6) is 0. The van der Waals surface area contributed by atoms with Crippen molar-refractivity contribution in [3.8, 4) is 0 Å². The van der Waals surface area contributed by atoms with Crippen LogP contribution < -0.4 is 0 Å². The van der Waals surface area contributed by atoms with Gasteiger partial charge in [-0.25, -0.2) is 6.08 Å². The van der Waals surface area contributed by atoms with Crippen LogP contribution in [0.1, 0.15) is 12.8 Å². The maximum absolute atomic E-state index is 5.74. The van der Waals surface area contributed by atoms with Crippen LogP contribution in [0.2, 0.25) is 19.6 Å². The number of hydrogen-bond donors (Lipinski definition) is 0. The van der Waals surface area contributed by atoms with E-state index in [1.165, 1.54) is 50.5 Å². The summed E-state index contributed by atoms with van der Waals surface area (Å²) in [6, 6.07) is 19.3. The molecule has 4 rings (SSSR count). The predicted molar refractivity (Wildman–Crippen MR) is 145 cm³/mol. The molecule has 0 heterocycles. The summed E-state index contributed by atoms with van der Waals surface area (Å²) < 4.78 is 5.74. The molecule has 0 saturated heterocycles. The fourth-order valence-corrected chi connectivity index (χ4v) is 3.71. The van der Waals surface area contributed by atoms with Crippen LogP contribution in [-0.2, 0) is 27.8 Å². The third-order valence-corrected chi connectivity index (χ3v) is 5.29. The van der Waals surface area contributed by atoms with Gasteiger partial charge < -0.3 is 19.3 Å². The van der Waals surface area contributed by atoms with E-state index in [-0.39, 0.29) is 39.7 Å². The largest absolute Gasteiger partial charge is 0.126 e. The van der Waals surface area contributed by atoms with Crippen LogP contribution in [0.4, 0.5) is 0 Å². The normalized spacial score (nSPS) is 11.2. The van der Waals surface area contributed by atoms with Gasteiger partial charge in [0.15, 0.2) is 8.32 Å². The molecule has 1 nitrogen and oxygen atoms in total. The van der Waals surface area contributed by atoms with Crippen LogP contribution >= 0.6 is 24.8 Å². The molecule has 3 aromatic carbocycles. The molecule has 31 heavy (non-hydrogen) atoms. The first-order valence-corrected chi connectivity index (χ1v) is 16.8. The number of allylic oxidation sites excluding steroid dienone is 3. The SMILES string of the molecule is C[Si](C)(C)OCCC1=CC[C-]=C1.Cl.Cl.[CH3-].[CH3-].[Si]=[Zr].c1ccc2c(c1)[cH-]c1ccccc12. The molecule has 3 aromatic rings. The van der Waals surface area contributed by atoms with E-state index in [1.807, 2.05) is 0 Å². The van der Waals surface area contributed by atoms with Gasteiger partial charge in [-0.15, -0.1) is 71.0 Å². The Kier molecular flexibility index (Phi) is 20.6. The molecule has 0 unspecified atom stereocenters. The third kappa shape index (κ3) is 11.9. The van der Waals surface area contributed by atoms with E-state index in [4.69, 9.17) is 4.43 Å². The fourth-order valence-electron chi connectivity index (χ4n) is 2.99. The van der Waals surface area contributed by atoms with Crippen LogP contribution in [0.15, 0.2) is 72.3 Å². The van der Waals surface area contributed by atoms with Crippen molar-refractivity contribution in [3.05, 3.63) is 93.3 Å². The molecule has 0 aromatic heterocycles. The zero-order chi connectivity index (χ0) is 19.7. The second-order valence-electron chi connectivity index (χ2n) is 7.36. The molecule has 0 aliphatic heterocycles. The second kappa shape index (κ2) is 18.1. The minimum Gasteiger partial charge on any atom is -0.126 e. The van der Waals surface area contributed by atoms with Gasteiger partial charge in [-0.3, -0.25) is 6.08 Å². The molecular formula is C25H34Cl2OSi2Zr-4. The van der Waals surface area contributed by atoms with Crippen molar-refractivity contribution in [1.29, 1.82) is 0 Å². The van der Waals surface area contributed by atoms with Crippen molar-refractivity contribution in [2.24, 2.45) is 0 Å². The Hall–Kier alpha value is -0.353. The molecule has 0 fully saturated rings. The molecule has 1 aliphatic carbocycles. The first-order valence-electron chi connectivity index (χ1n) is 9.21. The van der Waals surface area contributed by atoms with Crippen molar-refractivity contribution in [1.82, 2.24) is 0 Å². The number of fused-ring (bicyclic) bond motifs is 3. The van der Waals surface area contributed by atoms with Gasteiger partial charge in [0, 0.05) is 6.61 Å². The van der Waals surface area contributed by atoms with Crippen LogP contribution in [-0.4, -0.2) is 21.8 Å². The zero-order valence-corrected chi connectivity index (χ0v) is 25.3. The monoisotopic (exact) mass is 566 g/mol. The van der Waals surface area contributed by atoms with E-state index in [9.17, 15) is 0 Å². The number of hydrogen-bond acceptors (Lipinski definition) is 1. The Bertz CT molecular complexity index is 880. The average Bonchev–Trinajstić information content (AvgIpc) is 3.30. The number of benzene rings is 2. The molecule has 170 valence electrons. The maximum atomic E-state index is 5.74. The van der Waals surface area contributed by atoms with Gasteiger partial charge in [-0.2, -0.15) is 11.6 Å². The van der Waals surface area contributed by atoms with Crippen LogP contribution in [0.3, 0.4) is 0 Å². The van der Waals surface area contributed by atoms with Crippen molar-refractivity contribution in [2.45, 2.75) is 32.5 Å². The number of rotatable bonds is 4. The van der Waals surface area contributed by atoms with Crippen LogP contribution in [0, 0.1) is 20.9 Å². The van der Waals surface area contributed by atoms with Gasteiger partial charge in [-0.1, -0.05) is 42.8 Å². The zero-order valence-electron chi connectivity index (χ0n) is 19.2. The molecule has 0 N–H and O–H groups in total. The minimum atomic E-state index is -1.29. The van der Waals surface area contributed by atoms with Crippen molar-refractivity contribution >= 4 is 61.6 Å². The molecule has 0 saturated carbocycles. The molecule has 0 atom stereocenters. The Labute approximate surface area is 220 Å². The Morgan fingerprint density at radius 2 is 1.42 bits per heavy atom. The standard InChI is InChI=1S/C13H9.C10H17OSi.2CH3.2ClH.Si.Zr/c1-3-7-12-10(5-1)9-11-6-2-4-8-13(11)12;1-12(2,3)11-9-8-10-6-4-5-7-10;;;;;;/h1-9H;6-7H,4,8-9H2,1-3H3;2*1H3;2*1H;;/q4*-1;;;;. The van der Waals surface area contributed by atoms with Crippen LogP contribution in [0.25, 0.3) is 21.5 Å². The van der Waals surface area contributed by atoms with Gasteiger partial charge in [0.05, 0.1) is 0 Å². The number of halogens is 2. The van der Waals surface area contributed by atoms with Crippen molar-refractivity contribution < 1.29 is 27.8 Å². The summed E-state index contributed by atoms with van der Waals surface area (Å²) in [4.78, 5) is 0. The molecular weight excluding hydrogens is 535 g/mol. The molecule has 0 spiro atoms. The van der Waals surface area contributed by atoms with Gasteiger partial charge in [0.1, 0.15) is 0 Å². The van der Waals surface area contributed by atoms with Crippen molar-refractivity contribution in [2.75, 3.05) is 6.61 Å². The molecule has 0 bridgehead atoms. The van der Waals surface area contributed by atoms with E-state index < -0.39 is 8.32 Å². The maximum Gasteiger partial charge on any atom is -0.0771 e. The molecule has 6 heteroatoms. The summed E-state index contributed by atoms with van der Waals surface area (Å²) in [5, 5.41) is 5.39. The van der Waals surface area contributed by atoms with Gasteiger partial charge in [-0.05, 0) is 19.6 Å². The Morgan fingerprint density at radius 3 is 1.84 bits per heavy atom. The summed E-state index contributed by atoms with van der Waals surface area (Å²) in [6.07, 6.45) is 9.49. The van der Waals surface area contributed by atoms with Gasteiger partial charge >= 0.3 is 30.2 Å². The van der Waals surface area contributed by atoms with E-state index in [2.05, 4.69) is 99.3 Å². The quantitative estimate of drug-likeness (QED) is 0.229. The van der Waals surface area contributed by atoms with Crippen LogP contribution in [0.5, 0.6) is 0 Å². The summed E-state index contributed by atoms with van der Waals surface area (Å²) in [6.45, 7) is 10.6. The molecule has 1 aliphatic rings. The average molecular weight is 569 g/mol. The Morgan fingerprint density at radius 1 is 0.935 bits per heavy atom. The fraction of sp³-hybridized carbons (Fsp3) is 0.240. The predicted octanol–water partition coefficient (Wildman–Crippen LogP) is 7.99. The molecule has 2 radical (unpaired) electrons. The summed E-state index contributed by atoms with van der Waals surface area (Å²) in [7, 11) is -1.29. The van der Waals surface area contributed by atoms with E-state index in [0.29, 0.717) is 0 Å². The van der Waals surface area contributed by atoms with E-state index in [1.54, 1.807) is 0 Å². The second-order valence-corrected chi connectivity index (χ2v) is 11.9. The first kappa shape index (κ1) is 35.2. The van der Waals surface area contributed by atoms with E-state index in [0.717, 1.165) is 19.4 Å². The Balaban J connectivity index is -0.000000420. The van der Waals surface area contributed by atoms with E-state index >= 15 is 0 Å². The minimum absolute atomic E-state index is 0.